The average molecular weight is 360 g/mol. The van der Waals surface area contributed by atoms with Gasteiger partial charge in [0.15, 0.2) is 5.13 Å². The fraction of sp³-hybridized carbons (Fsp3) is 0.222. The Bertz CT molecular complexity index is 846. The molecule has 0 aliphatic carbocycles. The van der Waals surface area contributed by atoms with E-state index in [1.165, 1.54) is 27.9 Å². The van der Waals surface area contributed by atoms with E-state index in [0.29, 0.717) is 17.1 Å². The van der Waals surface area contributed by atoms with Crippen LogP contribution in [0.4, 0.5) is 9.52 Å². The van der Waals surface area contributed by atoms with Crippen molar-refractivity contribution in [1.82, 2.24) is 4.98 Å². The maximum Gasteiger partial charge on any atom is 0.226 e. The molecule has 0 saturated carbocycles. The third-order valence-electron chi connectivity index (χ3n) is 3.45. The first-order valence-corrected chi connectivity index (χ1v) is 9.46. The average Bonchev–Trinajstić information content (AvgIpc) is 2.97. The predicted octanol–water partition coefficient (Wildman–Crippen LogP) is 5.25. The number of thiazole rings is 1. The molecule has 24 heavy (non-hydrogen) atoms. The van der Waals surface area contributed by atoms with Crippen LogP contribution in [0, 0.1) is 12.7 Å². The summed E-state index contributed by atoms with van der Waals surface area (Å²) in [6.45, 7) is 2.06. The molecule has 3 nitrogen and oxygen atoms in total. The third kappa shape index (κ3) is 4.33. The molecule has 1 heterocycles. The van der Waals surface area contributed by atoms with Crippen molar-refractivity contribution in [2.45, 2.75) is 24.7 Å². The smallest absolute Gasteiger partial charge is 0.226 e. The second-order valence-electron chi connectivity index (χ2n) is 5.42. The number of fused-ring (bicyclic) bond motifs is 1. The van der Waals surface area contributed by atoms with Crippen LogP contribution in [0.15, 0.2) is 47.4 Å². The van der Waals surface area contributed by atoms with E-state index < -0.39 is 0 Å². The number of halogens is 1. The van der Waals surface area contributed by atoms with Crippen molar-refractivity contribution in [2.75, 3.05) is 11.1 Å². The highest BCUT2D eigenvalue weighted by molar-refractivity contribution is 7.99. The van der Waals surface area contributed by atoms with Gasteiger partial charge in [0, 0.05) is 11.3 Å². The Labute approximate surface area is 148 Å². The number of aromatic nitrogens is 1. The minimum absolute atomic E-state index is 0.0843. The van der Waals surface area contributed by atoms with E-state index >= 15 is 0 Å². The summed E-state index contributed by atoms with van der Waals surface area (Å²) in [5, 5.41) is 3.21. The van der Waals surface area contributed by atoms with E-state index in [0.717, 1.165) is 16.9 Å². The molecule has 3 aromatic rings. The highest BCUT2D eigenvalue weighted by atomic mass is 32.2. The number of nitrogens with zero attached hydrogens (tertiary/aromatic N) is 1. The summed E-state index contributed by atoms with van der Waals surface area (Å²) in [4.78, 5) is 17.3. The first-order valence-electron chi connectivity index (χ1n) is 7.66. The van der Waals surface area contributed by atoms with Crippen molar-refractivity contribution in [2.24, 2.45) is 0 Å². The molecule has 0 atom stereocenters. The largest absolute Gasteiger partial charge is 0.302 e. The van der Waals surface area contributed by atoms with E-state index in [1.807, 2.05) is 0 Å². The van der Waals surface area contributed by atoms with E-state index in [4.69, 9.17) is 0 Å². The zero-order chi connectivity index (χ0) is 16.9. The van der Waals surface area contributed by atoms with Gasteiger partial charge in [-0.05, 0) is 43.4 Å². The van der Waals surface area contributed by atoms with Gasteiger partial charge in [0.25, 0.3) is 0 Å². The van der Waals surface area contributed by atoms with E-state index in [-0.39, 0.29) is 11.7 Å². The van der Waals surface area contributed by atoms with Crippen LogP contribution in [0.3, 0.4) is 0 Å². The van der Waals surface area contributed by atoms with Crippen molar-refractivity contribution < 1.29 is 9.18 Å². The summed E-state index contributed by atoms with van der Waals surface area (Å²) < 4.78 is 14.3. The van der Waals surface area contributed by atoms with E-state index in [9.17, 15) is 9.18 Å². The van der Waals surface area contributed by atoms with Crippen LogP contribution >= 0.6 is 23.1 Å². The van der Waals surface area contributed by atoms with Crippen LogP contribution in [-0.2, 0) is 4.79 Å². The van der Waals surface area contributed by atoms with Crippen molar-refractivity contribution in [3.8, 4) is 0 Å². The highest BCUT2D eigenvalue weighted by Crippen LogP contribution is 2.27. The van der Waals surface area contributed by atoms with Crippen molar-refractivity contribution in [1.29, 1.82) is 0 Å². The Morgan fingerprint density at radius 3 is 2.79 bits per heavy atom. The molecule has 2 aromatic carbocycles. The molecular formula is C18H17FN2OS2. The van der Waals surface area contributed by atoms with Crippen LogP contribution in [0.1, 0.15) is 18.4 Å². The number of benzene rings is 2. The number of anilines is 1. The van der Waals surface area contributed by atoms with Crippen LogP contribution in [0.2, 0.25) is 0 Å². The fourth-order valence-corrected chi connectivity index (χ4v) is 3.96. The second-order valence-corrected chi connectivity index (χ2v) is 7.62. The quantitative estimate of drug-likeness (QED) is 0.482. The third-order valence-corrected chi connectivity index (χ3v) is 5.49. The van der Waals surface area contributed by atoms with Crippen LogP contribution in [-0.4, -0.2) is 16.6 Å². The molecule has 0 radical (unpaired) electrons. The van der Waals surface area contributed by atoms with Crippen LogP contribution < -0.4 is 5.32 Å². The molecule has 0 bridgehead atoms. The normalized spacial score (nSPS) is 10.9. The Balaban J connectivity index is 1.46. The lowest BCUT2D eigenvalue weighted by molar-refractivity contribution is -0.116. The topological polar surface area (TPSA) is 42.0 Å². The number of para-hydroxylation sites is 1. The van der Waals surface area contributed by atoms with Gasteiger partial charge in [0.05, 0.1) is 4.70 Å². The molecule has 1 aromatic heterocycles. The maximum atomic E-state index is 13.6. The molecule has 1 amide bonds. The number of hydrogen-bond acceptors (Lipinski definition) is 4. The Morgan fingerprint density at radius 2 is 2.04 bits per heavy atom. The highest BCUT2D eigenvalue weighted by Gasteiger charge is 2.10. The monoisotopic (exact) mass is 360 g/mol. The van der Waals surface area contributed by atoms with Gasteiger partial charge in [0.2, 0.25) is 5.91 Å². The summed E-state index contributed by atoms with van der Waals surface area (Å²) in [6, 6.07) is 13.2. The Hall–Kier alpha value is -1.92. The van der Waals surface area contributed by atoms with E-state index in [1.54, 1.807) is 23.9 Å². The minimum atomic E-state index is -0.362. The van der Waals surface area contributed by atoms with Crippen LogP contribution in [0.25, 0.3) is 10.2 Å². The summed E-state index contributed by atoms with van der Waals surface area (Å²) in [5.74, 6) is 0.433. The number of rotatable bonds is 6. The van der Waals surface area contributed by atoms with Gasteiger partial charge < -0.3 is 5.32 Å². The standard InChI is InChI=1S/C18H17FN2OS2/c1-12-7-9-13(10-8-12)23-11-3-6-16(22)20-18-21-17-14(19)4-2-5-15(17)24-18/h2,4-5,7-10H,3,6,11H2,1H3,(H,20,21,22). The summed E-state index contributed by atoms with van der Waals surface area (Å²) in [7, 11) is 0. The number of thioether (sulfide) groups is 1. The molecule has 0 fully saturated rings. The number of amides is 1. The van der Waals surface area contributed by atoms with Gasteiger partial charge in [-0.2, -0.15) is 0 Å². The van der Waals surface area contributed by atoms with Gasteiger partial charge in [-0.3, -0.25) is 4.79 Å². The fourth-order valence-electron chi connectivity index (χ4n) is 2.21. The van der Waals surface area contributed by atoms with Gasteiger partial charge in [-0.15, -0.1) is 11.8 Å². The van der Waals surface area contributed by atoms with Crippen LogP contribution in [0.5, 0.6) is 0 Å². The SMILES string of the molecule is Cc1ccc(SCCCC(=O)Nc2nc3c(F)cccc3s2)cc1. The zero-order valence-corrected chi connectivity index (χ0v) is 14.8. The number of carbonyl (C=O) groups excluding carboxylic acids is 1. The molecule has 124 valence electrons. The second kappa shape index (κ2) is 7.77. The number of nitrogens with one attached hydrogen (secondary N) is 1. The first-order chi connectivity index (χ1) is 11.6. The molecule has 0 unspecified atom stereocenters. The molecule has 3 rings (SSSR count). The lowest BCUT2D eigenvalue weighted by atomic mass is 10.2. The number of carbonyl (C=O) groups is 1. The Morgan fingerprint density at radius 1 is 1.25 bits per heavy atom. The van der Waals surface area contributed by atoms with E-state index in [2.05, 4.69) is 41.5 Å². The van der Waals surface area contributed by atoms with Gasteiger partial charge in [0.1, 0.15) is 11.3 Å². The van der Waals surface area contributed by atoms with Crippen molar-refractivity contribution in [3.63, 3.8) is 0 Å². The Kier molecular flexibility index (Phi) is 5.48. The first kappa shape index (κ1) is 16.9. The summed E-state index contributed by atoms with van der Waals surface area (Å²) >= 11 is 3.03. The predicted molar refractivity (Wildman–Crippen MR) is 99.3 cm³/mol. The number of hydrogen-bond donors (Lipinski definition) is 1. The zero-order valence-electron chi connectivity index (χ0n) is 13.2. The summed E-state index contributed by atoms with van der Waals surface area (Å²) in [5.41, 5.74) is 1.55. The summed E-state index contributed by atoms with van der Waals surface area (Å²) in [6.07, 6.45) is 1.21. The molecule has 6 heteroatoms. The minimum Gasteiger partial charge on any atom is -0.302 e. The van der Waals surface area contributed by atoms with Gasteiger partial charge >= 0.3 is 0 Å². The lowest BCUT2D eigenvalue weighted by Crippen LogP contribution is -2.11. The van der Waals surface area contributed by atoms with Gasteiger partial charge in [-0.1, -0.05) is 35.1 Å². The van der Waals surface area contributed by atoms with Gasteiger partial charge in [-0.25, -0.2) is 9.37 Å². The van der Waals surface area contributed by atoms with Crippen molar-refractivity contribution in [3.05, 3.63) is 53.8 Å². The lowest BCUT2D eigenvalue weighted by Gasteiger charge is -2.03. The molecule has 1 N–H and O–H groups in total. The molecule has 0 spiro atoms. The maximum absolute atomic E-state index is 13.6. The number of aryl methyl sites for hydroxylation is 1. The molecule has 0 saturated heterocycles. The van der Waals surface area contributed by atoms with Crippen molar-refractivity contribution >= 4 is 44.4 Å². The molecule has 0 aliphatic heterocycles. The molecule has 0 aliphatic rings. The molecular weight excluding hydrogens is 343 g/mol.